The predicted octanol–water partition coefficient (Wildman–Crippen LogP) is 2.72. The molecular weight excluding hydrogens is 224 g/mol. The topological polar surface area (TPSA) is 62.0 Å². The fourth-order valence-corrected chi connectivity index (χ4v) is 3.06. The molecule has 0 radical (unpaired) electrons. The predicted molar refractivity (Wildman–Crippen MR) is 73.2 cm³/mol. The highest BCUT2D eigenvalue weighted by molar-refractivity contribution is 5.80. The number of aromatic nitrogens is 1. The third-order valence-corrected chi connectivity index (χ3v) is 4.21. The first-order chi connectivity index (χ1) is 8.75. The van der Waals surface area contributed by atoms with Crippen molar-refractivity contribution < 1.29 is 5.11 Å². The van der Waals surface area contributed by atoms with Crippen LogP contribution in [0, 0.1) is 5.92 Å². The molecule has 1 aromatic carbocycles. The Balaban J connectivity index is 1.83. The van der Waals surface area contributed by atoms with Crippen LogP contribution in [0.15, 0.2) is 30.5 Å². The zero-order valence-electron chi connectivity index (χ0n) is 10.5. The number of aromatic amines is 1. The number of fused-ring (bicyclic) bond motifs is 1. The first kappa shape index (κ1) is 11.8. The number of hydrogen-bond acceptors (Lipinski definition) is 2. The lowest BCUT2D eigenvalue weighted by atomic mass is 9.90. The second kappa shape index (κ2) is 4.75. The van der Waals surface area contributed by atoms with Gasteiger partial charge in [-0.25, -0.2) is 0 Å². The molecule has 0 aliphatic heterocycles. The Morgan fingerprint density at radius 2 is 2.00 bits per heavy atom. The highest BCUT2D eigenvalue weighted by Gasteiger charge is 2.28. The van der Waals surface area contributed by atoms with Gasteiger partial charge in [0.1, 0.15) is 0 Å². The molecule has 0 bridgehead atoms. The summed E-state index contributed by atoms with van der Waals surface area (Å²) in [5, 5.41) is 11.5. The summed E-state index contributed by atoms with van der Waals surface area (Å²) in [5.74, 6) is 0.374. The molecule has 2 aromatic rings. The molecule has 0 spiro atoms. The molecular formula is C15H20N2O. The van der Waals surface area contributed by atoms with Gasteiger partial charge < -0.3 is 15.8 Å². The van der Waals surface area contributed by atoms with Gasteiger partial charge in [0.2, 0.25) is 0 Å². The second-order valence-corrected chi connectivity index (χ2v) is 5.39. The van der Waals surface area contributed by atoms with Gasteiger partial charge in [-0.05, 0) is 41.8 Å². The van der Waals surface area contributed by atoms with Crippen molar-refractivity contribution in [2.75, 3.05) is 0 Å². The summed E-state index contributed by atoms with van der Waals surface area (Å²) in [6, 6.07) is 7.90. The summed E-state index contributed by atoms with van der Waals surface area (Å²) >= 11 is 0. The molecule has 18 heavy (non-hydrogen) atoms. The molecule has 96 valence electrons. The minimum Gasteiger partial charge on any atom is -0.391 e. The third kappa shape index (κ3) is 2.04. The van der Waals surface area contributed by atoms with Crippen molar-refractivity contribution >= 4 is 10.9 Å². The molecule has 1 aromatic heterocycles. The minimum absolute atomic E-state index is 0.277. The van der Waals surface area contributed by atoms with Crippen LogP contribution >= 0.6 is 0 Å². The third-order valence-electron chi connectivity index (χ3n) is 4.21. The smallest absolute Gasteiger partial charge is 0.0760 e. The lowest BCUT2D eigenvalue weighted by Crippen LogP contribution is -2.31. The van der Waals surface area contributed by atoms with E-state index in [1.54, 1.807) is 0 Å². The molecule has 0 saturated heterocycles. The van der Waals surface area contributed by atoms with E-state index < -0.39 is 6.10 Å². The Labute approximate surface area is 107 Å². The number of rotatable bonds is 3. The Kier molecular flexibility index (Phi) is 3.10. The van der Waals surface area contributed by atoms with Gasteiger partial charge in [-0.1, -0.05) is 25.0 Å². The molecule has 3 nitrogen and oxygen atoms in total. The highest BCUT2D eigenvalue weighted by atomic mass is 16.3. The standard InChI is InChI=1S/C15H20N2O/c16-14(15(18)11-3-1-2-4-11)12-6-5-10-7-8-17-13(10)9-12/h5-9,11,14-15,17-18H,1-4,16H2/t14-,15+/m1/s1. The summed E-state index contributed by atoms with van der Waals surface area (Å²) in [5.41, 5.74) is 8.32. The van der Waals surface area contributed by atoms with E-state index in [1.807, 2.05) is 18.3 Å². The van der Waals surface area contributed by atoms with E-state index in [0.29, 0.717) is 5.92 Å². The lowest BCUT2D eigenvalue weighted by Gasteiger charge is -2.24. The number of benzene rings is 1. The maximum absolute atomic E-state index is 10.4. The summed E-state index contributed by atoms with van der Waals surface area (Å²) in [6.07, 6.45) is 6.18. The van der Waals surface area contributed by atoms with Gasteiger partial charge in [0.15, 0.2) is 0 Å². The van der Waals surface area contributed by atoms with Crippen LogP contribution in [-0.4, -0.2) is 16.2 Å². The molecule has 1 heterocycles. The summed E-state index contributed by atoms with van der Waals surface area (Å²) in [4.78, 5) is 3.19. The van der Waals surface area contributed by atoms with Crippen molar-refractivity contribution in [3.05, 3.63) is 36.0 Å². The van der Waals surface area contributed by atoms with Crippen LogP contribution in [0.5, 0.6) is 0 Å². The first-order valence-electron chi connectivity index (χ1n) is 6.76. The van der Waals surface area contributed by atoms with E-state index in [2.05, 4.69) is 17.1 Å². The van der Waals surface area contributed by atoms with E-state index in [4.69, 9.17) is 5.73 Å². The van der Waals surface area contributed by atoms with Crippen LogP contribution in [-0.2, 0) is 0 Å². The fraction of sp³-hybridized carbons (Fsp3) is 0.467. The Hall–Kier alpha value is -1.32. The van der Waals surface area contributed by atoms with E-state index in [1.165, 1.54) is 18.2 Å². The van der Waals surface area contributed by atoms with Crippen molar-refractivity contribution in [3.63, 3.8) is 0 Å². The van der Waals surface area contributed by atoms with Crippen LogP contribution in [0.4, 0.5) is 0 Å². The summed E-state index contributed by atoms with van der Waals surface area (Å²) in [6.45, 7) is 0. The van der Waals surface area contributed by atoms with Crippen LogP contribution in [0.25, 0.3) is 10.9 Å². The van der Waals surface area contributed by atoms with Crippen LogP contribution in [0.2, 0.25) is 0 Å². The number of aliphatic hydroxyl groups is 1. The average Bonchev–Trinajstić information content (AvgIpc) is 3.06. The Morgan fingerprint density at radius 3 is 2.78 bits per heavy atom. The van der Waals surface area contributed by atoms with E-state index >= 15 is 0 Å². The molecule has 1 fully saturated rings. The molecule has 1 aliphatic rings. The van der Waals surface area contributed by atoms with Crippen molar-refractivity contribution in [2.45, 2.75) is 37.8 Å². The number of hydrogen-bond donors (Lipinski definition) is 3. The van der Waals surface area contributed by atoms with Crippen LogP contribution in [0.1, 0.15) is 37.3 Å². The highest BCUT2D eigenvalue weighted by Crippen LogP contribution is 2.33. The molecule has 1 saturated carbocycles. The maximum Gasteiger partial charge on any atom is 0.0760 e. The average molecular weight is 244 g/mol. The molecule has 4 N–H and O–H groups in total. The Morgan fingerprint density at radius 1 is 1.22 bits per heavy atom. The maximum atomic E-state index is 10.4. The largest absolute Gasteiger partial charge is 0.391 e. The van der Waals surface area contributed by atoms with Gasteiger partial charge in [-0.15, -0.1) is 0 Å². The second-order valence-electron chi connectivity index (χ2n) is 5.39. The molecule has 0 amide bonds. The number of nitrogens with one attached hydrogen (secondary N) is 1. The first-order valence-corrected chi connectivity index (χ1v) is 6.76. The number of H-pyrrole nitrogens is 1. The van der Waals surface area contributed by atoms with Crippen LogP contribution in [0.3, 0.4) is 0 Å². The minimum atomic E-state index is -0.417. The van der Waals surface area contributed by atoms with Crippen LogP contribution < -0.4 is 5.73 Å². The van der Waals surface area contributed by atoms with E-state index in [-0.39, 0.29) is 6.04 Å². The van der Waals surface area contributed by atoms with Gasteiger partial charge in [0.25, 0.3) is 0 Å². The van der Waals surface area contributed by atoms with Gasteiger partial charge >= 0.3 is 0 Å². The van der Waals surface area contributed by atoms with Crippen molar-refractivity contribution in [3.8, 4) is 0 Å². The molecule has 3 rings (SSSR count). The zero-order chi connectivity index (χ0) is 12.5. The van der Waals surface area contributed by atoms with Crippen molar-refractivity contribution in [1.82, 2.24) is 4.98 Å². The van der Waals surface area contributed by atoms with Crippen molar-refractivity contribution in [2.24, 2.45) is 11.7 Å². The van der Waals surface area contributed by atoms with Gasteiger partial charge in [-0.3, -0.25) is 0 Å². The summed E-state index contributed by atoms with van der Waals surface area (Å²) in [7, 11) is 0. The quantitative estimate of drug-likeness (QED) is 0.777. The lowest BCUT2D eigenvalue weighted by molar-refractivity contribution is 0.0845. The number of aliphatic hydroxyl groups excluding tert-OH is 1. The zero-order valence-corrected chi connectivity index (χ0v) is 10.5. The fourth-order valence-electron chi connectivity index (χ4n) is 3.06. The van der Waals surface area contributed by atoms with E-state index in [0.717, 1.165) is 23.9 Å². The monoisotopic (exact) mass is 244 g/mol. The van der Waals surface area contributed by atoms with Gasteiger partial charge in [0.05, 0.1) is 12.1 Å². The number of nitrogens with two attached hydrogens (primary N) is 1. The Bertz CT molecular complexity index is 528. The van der Waals surface area contributed by atoms with E-state index in [9.17, 15) is 5.11 Å². The van der Waals surface area contributed by atoms with Crippen molar-refractivity contribution in [1.29, 1.82) is 0 Å². The molecule has 2 atom stereocenters. The van der Waals surface area contributed by atoms with Gasteiger partial charge in [0, 0.05) is 11.7 Å². The SMILES string of the molecule is N[C@H](c1ccc2cc[nH]c2c1)[C@@H](O)C1CCCC1. The molecule has 3 heteroatoms. The molecule has 1 aliphatic carbocycles. The normalized spacial score (nSPS) is 20.3. The summed E-state index contributed by atoms with van der Waals surface area (Å²) < 4.78 is 0. The van der Waals surface area contributed by atoms with Gasteiger partial charge in [-0.2, -0.15) is 0 Å². The molecule has 0 unspecified atom stereocenters.